The van der Waals surface area contributed by atoms with Gasteiger partial charge < -0.3 is 24.5 Å². The number of rotatable bonds is 6. The van der Waals surface area contributed by atoms with Crippen LogP contribution < -0.4 is 40.0 Å². The van der Waals surface area contributed by atoms with Gasteiger partial charge in [0.05, 0.1) is 12.0 Å². The van der Waals surface area contributed by atoms with E-state index in [0.29, 0.717) is 5.06 Å². The van der Waals surface area contributed by atoms with Crippen LogP contribution in [0.3, 0.4) is 0 Å². The quantitative estimate of drug-likeness (QED) is 0.247. The minimum absolute atomic E-state index is 0. The second kappa shape index (κ2) is 9.60. The number of carboxylic acid groups (broad SMARTS) is 1. The Balaban J connectivity index is 0.00000338. The van der Waals surface area contributed by atoms with Gasteiger partial charge in [0.2, 0.25) is 4.36 Å². The van der Waals surface area contributed by atoms with Crippen molar-refractivity contribution in [1.82, 2.24) is 10.4 Å². The van der Waals surface area contributed by atoms with E-state index in [0.717, 1.165) is 5.54 Å². The van der Waals surface area contributed by atoms with E-state index in [1.165, 1.54) is 0 Å². The van der Waals surface area contributed by atoms with Gasteiger partial charge in [-0.25, -0.2) is 0 Å². The summed E-state index contributed by atoms with van der Waals surface area (Å²) in [7, 11) is 0. The minimum Gasteiger partial charge on any atom is -0.610 e. The van der Waals surface area contributed by atoms with Crippen LogP contribution in [0.5, 0.6) is 0 Å². The monoisotopic (exact) mass is 436 g/mol. The molecule has 0 aromatic heterocycles. The second-order valence-electron chi connectivity index (χ2n) is 5.00. The fourth-order valence-electron chi connectivity index (χ4n) is 2.22. The number of carbonyl (C=O) groups is 4. The summed E-state index contributed by atoms with van der Waals surface area (Å²) in [5.41, 5.74) is -1.53. The van der Waals surface area contributed by atoms with Crippen LogP contribution in [0, 0.1) is 0 Å². The molecule has 0 aromatic rings. The van der Waals surface area contributed by atoms with Gasteiger partial charge >= 0.3 is 35.5 Å². The molecule has 0 spiro atoms. The van der Waals surface area contributed by atoms with E-state index in [2.05, 4.69) is 5.32 Å². The van der Waals surface area contributed by atoms with Gasteiger partial charge in [0.15, 0.2) is 5.75 Å². The summed E-state index contributed by atoms with van der Waals surface area (Å²) < 4.78 is 16.0. The normalized spacial score (nSPS) is 27.0. The van der Waals surface area contributed by atoms with Gasteiger partial charge in [0.1, 0.15) is 18.6 Å². The van der Waals surface area contributed by atoms with Crippen molar-refractivity contribution in [2.24, 2.45) is 0 Å². The van der Waals surface area contributed by atoms with Crippen molar-refractivity contribution in [1.29, 1.82) is 0 Å². The second-order valence-corrected chi connectivity index (χ2v) is 7.27. The van der Waals surface area contributed by atoms with Gasteiger partial charge in [-0.15, -0.1) is 0 Å². The average Bonchev–Trinajstić information content (AvgIpc) is 3.11. The molecular formula is C12H11Cl2N2NaO8S. The molecule has 3 atom stereocenters. The van der Waals surface area contributed by atoms with Crippen molar-refractivity contribution in [3.63, 3.8) is 0 Å². The maximum absolute atomic E-state index is 12.3. The van der Waals surface area contributed by atoms with E-state index < -0.39 is 59.1 Å². The van der Waals surface area contributed by atoms with Gasteiger partial charge in [-0.05, 0) is 11.6 Å². The molecule has 0 bridgehead atoms. The zero-order valence-electron chi connectivity index (χ0n) is 13.4. The van der Waals surface area contributed by atoms with Crippen LogP contribution in [-0.2, 0) is 39.9 Å². The number of halogens is 2. The topological polar surface area (TPSA) is 148 Å². The molecule has 2 saturated heterocycles. The molecule has 0 aromatic carbocycles. The first kappa shape index (κ1) is 23.5. The maximum atomic E-state index is 12.3. The van der Waals surface area contributed by atoms with E-state index in [1.807, 2.05) is 0 Å². The molecule has 0 aliphatic carbocycles. The van der Waals surface area contributed by atoms with Crippen molar-refractivity contribution < 1.29 is 68.0 Å². The largest absolute Gasteiger partial charge is 1.00 e. The molecule has 0 saturated carbocycles. The Kier molecular flexibility index (Phi) is 8.68. The molecule has 2 fully saturated rings. The Morgan fingerprint density at radius 3 is 2.62 bits per heavy atom. The number of aliphatic carboxylic acids is 1. The van der Waals surface area contributed by atoms with E-state index in [4.69, 9.17) is 32.8 Å². The molecular weight excluding hydrogens is 426 g/mol. The third-order valence-corrected chi connectivity index (χ3v) is 5.53. The van der Waals surface area contributed by atoms with E-state index in [-0.39, 0.29) is 46.8 Å². The van der Waals surface area contributed by atoms with Gasteiger partial charge in [-0.3, -0.25) is 19.2 Å². The van der Waals surface area contributed by atoms with Gasteiger partial charge in [-0.2, -0.15) is 5.06 Å². The summed E-state index contributed by atoms with van der Waals surface area (Å²) in [5.74, 6) is -4.96. The number of cyclic esters (lactones) is 1. The van der Waals surface area contributed by atoms with Gasteiger partial charge in [-0.1, -0.05) is 11.6 Å². The van der Waals surface area contributed by atoms with Crippen LogP contribution in [0.4, 0.5) is 0 Å². The van der Waals surface area contributed by atoms with Crippen LogP contribution in [0.25, 0.3) is 0 Å². The summed E-state index contributed by atoms with van der Waals surface area (Å²) in [5, 5.41) is 14.0. The van der Waals surface area contributed by atoms with Crippen LogP contribution in [0.2, 0.25) is 0 Å². The van der Waals surface area contributed by atoms with E-state index in [9.17, 15) is 28.8 Å². The number of nitrogens with one attached hydrogen (secondary N) is 1. The summed E-state index contributed by atoms with van der Waals surface area (Å²) in [6, 6.07) is -1.25. The first-order valence-corrected chi connectivity index (χ1v) is 8.88. The number of hydroxylamine groups is 2. The third kappa shape index (κ3) is 4.84. The van der Waals surface area contributed by atoms with Crippen LogP contribution >= 0.6 is 23.2 Å². The van der Waals surface area contributed by atoms with Crippen LogP contribution in [0.1, 0.15) is 12.8 Å². The Bertz CT molecular complexity index is 651. The molecule has 2 unspecified atom stereocenters. The fourth-order valence-corrected chi connectivity index (χ4v) is 3.24. The summed E-state index contributed by atoms with van der Waals surface area (Å²) >= 11 is 8.89. The zero-order chi connectivity index (χ0) is 18.8. The molecule has 2 aliphatic rings. The number of esters is 1. The molecule has 2 rings (SSSR count). The van der Waals surface area contributed by atoms with Crippen molar-refractivity contribution in [3.05, 3.63) is 9.90 Å². The first-order chi connectivity index (χ1) is 11.7. The summed E-state index contributed by atoms with van der Waals surface area (Å²) in [6.45, 7) is -0.400. The molecule has 2 amide bonds. The molecule has 2 aliphatic heterocycles. The van der Waals surface area contributed by atoms with Crippen LogP contribution in [0.15, 0.2) is 9.90 Å². The van der Waals surface area contributed by atoms with Crippen molar-refractivity contribution in [3.8, 4) is 0 Å². The Morgan fingerprint density at radius 2 is 2.12 bits per heavy atom. The van der Waals surface area contributed by atoms with Gasteiger partial charge in [0, 0.05) is 17.6 Å². The zero-order valence-corrected chi connectivity index (χ0v) is 17.7. The first-order valence-electron chi connectivity index (χ1n) is 6.75. The SMILES string of the molecule is O=C(C[S+]([O-])/C(Cl)=C/Cl)N[C@H]1CON(C2(C(=O)[O-])CCC(=O)O2)C1=O.[Na+]. The fraction of sp³-hybridized carbons (Fsp3) is 0.500. The smallest absolute Gasteiger partial charge is 0.610 e. The maximum Gasteiger partial charge on any atom is 1.00 e. The molecule has 1 N–H and O–H groups in total. The van der Waals surface area contributed by atoms with Crippen molar-refractivity contribution in [2.75, 3.05) is 12.4 Å². The summed E-state index contributed by atoms with van der Waals surface area (Å²) in [4.78, 5) is 51.7. The molecule has 26 heavy (non-hydrogen) atoms. The predicted octanol–water partition coefficient (Wildman–Crippen LogP) is -4.94. The molecule has 14 heteroatoms. The molecule has 0 radical (unpaired) electrons. The van der Waals surface area contributed by atoms with Crippen molar-refractivity contribution in [2.45, 2.75) is 24.6 Å². The number of nitrogens with zero attached hydrogens (tertiary/aromatic N) is 1. The van der Waals surface area contributed by atoms with E-state index >= 15 is 0 Å². The number of ether oxygens (including phenoxy) is 1. The Morgan fingerprint density at radius 1 is 1.46 bits per heavy atom. The number of amides is 2. The Hall–Kier alpha value is -0.530. The molecule has 138 valence electrons. The number of hydrogen-bond donors (Lipinski definition) is 1. The van der Waals surface area contributed by atoms with Gasteiger partial charge in [0.25, 0.3) is 17.5 Å². The molecule has 2 heterocycles. The average molecular weight is 437 g/mol. The molecule has 10 nitrogen and oxygen atoms in total. The standard InChI is InChI=1S/C12H12Cl2N2O8S.Na/c13-3-7(14)25(22)5-8(17)15-6-4-23-16(10(6)19)12(11(20)21)2-1-9(18)24-12;/h3,6H,1-2,4-5H2,(H,15,17)(H,20,21);/q;+1/p-1/b7-3+;/t6-,12?,25?;/m0./s1. The predicted molar refractivity (Wildman–Crippen MR) is 80.6 cm³/mol. The number of carboxylic acids is 1. The van der Waals surface area contributed by atoms with E-state index in [1.54, 1.807) is 0 Å². The number of carbonyl (C=O) groups excluding carboxylic acids is 4. The van der Waals surface area contributed by atoms with Crippen LogP contribution in [-0.4, -0.2) is 57.5 Å². The third-order valence-electron chi connectivity index (χ3n) is 3.37. The Labute approximate surface area is 182 Å². The summed E-state index contributed by atoms with van der Waals surface area (Å²) in [6.07, 6.45) is -0.582. The van der Waals surface area contributed by atoms with Crippen molar-refractivity contribution >= 4 is 58.1 Å². The minimum atomic E-state index is -2.37. The number of hydrogen-bond acceptors (Lipinski definition) is 8.